The Morgan fingerprint density at radius 2 is 1.93 bits per heavy atom. The van der Waals surface area contributed by atoms with E-state index in [0.717, 1.165) is 0 Å². The molecule has 0 fully saturated rings. The molecule has 4 heteroatoms. The Morgan fingerprint density at radius 3 is 2.50 bits per heavy atom. The van der Waals surface area contributed by atoms with Crippen molar-refractivity contribution in [1.82, 2.24) is 0 Å². The lowest BCUT2D eigenvalue weighted by Gasteiger charge is -2.05. The topological polar surface area (TPSA) is 60.4 Å². The van der Waals surface area contributed by atoms with Crippen molar-refractivity contribution in [2.45, 2.75) is 0 Å². The van der Waals surface area contributed by atoms with Gasteiger partial charge >= 0.3 is 0 Å². The fourth-order valence-corrected chi connectivity index (χ4v) is 1.04. The Hall–Kier alpha value is -1.97. The average molecular weight is 192 g/mol. The summed E-state index contributed by atoms with van der Waals surface area (Å²) >= 11 is 0. The van der Waals surface area contributed by atoms with E-state index in [2.05, 4.69) is 0 Å². The van der Waals surface area contributed by atoms with Crippen molar-refractivity contribution >= 4 is 18.9 Å². The van der Waals surface area contributed by atoms with Crippen molar-refractivity contribution < 1.29 is 19.1 Å². The second-order valence-corrected chi connectivity index (χ2v) is 2.47. The fourth-order valence-electron chi connectivity index (χ4n) is 1.04. The summed E-state index contributed by atoms with van der Waals surface area (Å²) in [6.07, 6.45) is 1.67. The third kappa shape index (κ3) is 2.04. The minimum absolute atomic E-state index is 0.136. The van der Waals surface area contributed by atoms with Crippen LogP contribution in [0.15, 0.2) is 18.2 Å². The Kier molecular flexibility index (Phi) is 3.55. The lowest BCUT2D eigenvalue weighted by Crippen LogP contribution is -2.02. The van der Waals surface area contributed by atoms with Crippen molar-refractivity contribution in [3.05, 3.63) is 29.3 Å². The minimum Gasteiger partial charge on any atom is -0.485 e. The molecule has 0 aliphatic carbocycles. The molecule has 1 aromatic carbocycles. The van der Waals surface area contributed by atoms with Gasteiger partial charge in [-0.2, -0.15) is 0 Å². The second kappa shape index (κ2) is 4.91. The molecule has 0 aliphatic heterocycles. The summed E-state index contributed by atoms with van der Waals surface area (Å²) in [4.78, 5) is 31.2. The molecule has 0 radical (unpaired) electrons. The maximum atomic E-state index is 10.6. The zero-order valence-corrected chi connectivity index (χ0v) is 7.30. The lowest BCUT2D eigenvalue weighted by atomic mass is 10.1. The third-order valence-electron chi connectivity index (χ3n) is 1.65. The van der Waals surface area contributed by atoms with Crippen molar-refractivity contribution in [1.29, 1.82) is 0 Å². The van der Waals surface area contributed by atoms with Gasteiger partial charge in [0.15, 0.2) is 18.9 Å². The van der Waals surface area contributed by atoms with E-state index < -0.39 is 0 Å². The summed E-state index contributed by atoms with van der Waals surface area (Å²) in [6, 6.07) is 4.61. The van der Waals surface area contributed by atoms with E-state index in [0.29, 0.717) is 18.9 Å². The van der Waals surface area contributed by atoms with Crippen molar-refractivity contribution in [3.63, 3.8) is 0 Å². The highest BCUT2D eigenvalue weighted by molar-refractivity contribution is 5.92. The van der Waals surface area contributed by atoms with Gasteiger partial charge in [0, 0.05) is 5.56 Å². The van der Waals surface area contributed by atoms with Gasteiger partial charge in [0.1, 0.15) is 12.4 Å². The maximum Gasteiger partial charge on any atom is 0.157 e. The number of carbonyl (C=O) groups is 3. The van der Waals surface area contributed by atoms with Gasteiger partial charge in [-0.25, -0.2) is 0 Å². The smallest absolute Gasteiger partial charge is 0.157 e. The van der Waals surface area contributed by atoms with Crippen LogP contribution in [0.5, 0.6) is 5.75 Å². The Morgan fingerprint density at radius 1 is 1.14 bits per heavy atom. The van der Waals surface area contributed by atoms with Gasteiger partial charge in [0.25, 0.3) is 0 Å². The molecular formula is C10H8O4. The van der Waals surface area contributed by atoms with Crippen LogP contribution in [0.1, 0.15) is 20.7 Å². The molecule has 0 spiro atoms. The van der Waals surface area contributed by atoms with E-state index in [1.54, 1.807) is 6.07 Å². The largest absolute Gasteiger partial charge is 0.485 e. The van der Waals surface area contributed by atoms with E-state index in [4.69, 9.17) is 4.74 Å². The van der Waals surface area contributed by atoms with Crippen LogP contribution >= 0.6 is 0 Å². The number of ether oxygens (including phenoxy) is 1. The predicted molar refractivity (Wildman–Crippen MR) is 48.8 cm³/mol. The molecule has 1 rings (SSSR count). The van der Waals surface area contributed by atoms with Crippen LogP contribution in [0.3, 0.4) is 0 Å². The number of hydrogen-bond donors (Lipinski definition) is 0. The SMILES string of the molecule is O=CCOc1cccc(C=O)c1C=O. The van der Waals surface area contributed by atoms with Gasteiger partial charge in [-0.05, 0) is 6.07 Å². The number of carbonyl (C=O) groups excluding carboxylic acids is 3. The zero-order valence-electron chi connectivity index (χ0n) is 7.30. The summed E-state index contributed by atoms with van der Waals surface area (Å²) in [6.45, 7) is -0.136. The highest BCUT2D eigenvalue weighted by Gasteiger charge is 2.07. The summed E-state index contributed by atoms with van der Waals surface area (Å²) in [5.41, 5.74) is 0.424. The summed E-state index contributed by atoms with van der Waals surface area (Å²) in [5, 5.41) is 0. The first-order valence-electron chi connectivity index (χ1n) is 3.93. The molecule has 0 aromatic heterocycles. The van der Waals surface area contributed by atoms with Crippen LogP contribution in [0.4, 0.5) is 0 Å². The molecule has 0 bridgehead atoms. The molecule has 0 saturated carbocycles. The van der Waals surface area contributed by atoms with Crippen LogP contribution in [0, 0.1) is 0 Å². The number of rotatable bonds is 5. The molecule has 14 heavy (non-hydrogen) atoms. The van der Waals surface area contributed by atoms with E-state index in [1.165, 1.54) is 12.1 Å². The van der Waals surface area contributed by atoms with Crippen molar-refractivity contribution in [2.24, 2.45) is 0 Å². The molecular weight excluding hydrogens is 184 g/mol. The van der Waals surface area contributed by atoms with Crippen LogP contribution in [-0.4, -0.2) is 25.5 Å². The normalized spacial score (nSPS) is 9.14. The molecule has 72 valence electrons. The van der Waals surface area contributed by atoms with Gasteiger partial charge in [0.2, 0.25) is 0 Å². The lowest BCUT2D eigenvalue weighted by molar-refractivity contribution is -0.109. The monoisotopic (exact) mass is 192 g/mol. The number of hydrogen-bond acceptors (Lipinski definition) is 4. The van der Waals surface area contributed by atoms with Gasteiger partial charge in [-0.3, -0.25) is 14.4 Å². The molecule has 0 aliphatic rings. The first-order chi connectivity index (χ1) is 6.83. The molecule has 1 aromatic rings. The highest BCUT2D eigenvalue weighted by atomic mass is 16.5. The minimum atomic E-state index is -0.136. The molecule has 0 heterocycles. The van der Waals surface area contributed by atoms with Crippen molar-refractivity contribution in [2.75, 3.05) is 6.61 Å². The van der Waals surface area contributed by atoms with E-state index in [-0.39, 0.29) is 23.5 Å². The first-order valence-corrected chi connectivity index (χ1v) is 3.93. The van der Waals surface area contributed by atoms with Crippen molar-refractivity contribution in [3.8, 4) is 5.75 Å². The Balaban J connectivity index is 3.07. The highest BCUT2D eigenvalue weighted by Crippen LogP contribution is 2.19. The summed E-state index contributed by atoms with van der Waals surface area (Å²) in [5.74, 6) is 0.247. The Labute approximate surface area is 80.5 Å². The maximum absolute atomic E-state index is 10.6. The molecule has 4 nitrogen and oxygen atoms in total. The zero-order chi connectivity index (χ0) is 10.4. The van der Waals surface area contributed by atoms with Gasteiger partial charge < -0.3 is 4.74 Å². The standard InChI is InChI=1S/C10H8O4/c11-4-5-14-10-3-1-2-8(6-12)9(10)7-13/h1-4,6-7H,5H2. The van der Waals surface area contributed by atoms with E-state index in [1.807, 2.05) is 0 Å². The quantitative estimate of drug-likeness (QED) is 0.650. The van der Waals surface area contributed by atoms with Gasteiger partial charge in [-0.15, -0.1) is 0 Å². The molecule has 0 N–H and O–H groups in total. The van der Waals surface area contributed by atoms with Gasteiger partial charge in [0.05, 0.1) is 5.56 Å². The van der Waals surface area contributed by atoms with Crippen LogP contribution in [-0.2, 0) is 4.79 Å². The fraction of sp³-hybridized carbons (Fsp3) is 0.100. The van der Waals surface area contributed by atoms with Crippen LogP contribution < -0.4 is 4.74 Å². The summed E-state index contributed by atoms with van der Waals surface area (Å²) in [7, 11) is 0. The Bertz CT molecular complexity index is 357. The molecule has 0 atom stereocenters. The summed E-state index contributed by atoms with van der Waals surface area (Å²) < 4.78 is 4.96. The second-order valence-electron chi connectivity index (χ2n) is 2.47. The molecule has 0 amide bonds. The molecule has 0 saturated heterocycles. The van der Waals surface area contributed by atoms with E-state index >= 15 is 0 Å². The first kappa shape index (κ1) is 10.1. The number of benzene rings is 1. The average Bonchev–Trinajstić information content (AvgIpc) is 2.25. The number of aldehydes is 3. The molecule has 0 unspecified atom stereocenters. The van der Waals surface area contributed by atoms with Crippen LogP contribution in [0.25, 0.3) is 0 Å². The predicted octanol–water partition coefficient (Wildman–Crippen LogP) is 0.889. The van der Waals surface area contributed by atoms with Gasteiger partial charge in [-0.1, -0.05) is 12.1 Å². The van der Waals surface area contributed by atoms with E-state index in [9.17, 15) is 14.4 Å². The van der Waals surface area contributed by atoms with Crippen LogP contribution in [0.2, 0.25) is 0 Å². The third-order valence-corrected chi connectivity index (χ3v) is 1.65.